The molecule has 2 aliphatic rings. The van der Waals surface area contributed by atoms with Crippen LogP contribution in [0.3, 0.4) is 0 Å². The number of para-hydroxylation sites is 1. The average Bonchev–Trinajstić information content (AvgIpc) is 3.13. The maximum atomic E-state index is 13.2. The number of rotatable bonds is 6. The van der Waals surface area contributed by atoms with E-state index in [0.29, 0.717) is 24.2 Å². The molecule has 0 aliphatic carbocycles. The summed E-state index contributed by atoms with van der Waals surface area (Å²) < 4.78 is 45.1. The third-order valence-electron chi connectivity index (χ3n) is 6.90. The standard InChI is InChI=1S/C28H25F3N2O3/c29-28(30,31)24-7-3-4-8-25(24)36-17-18-9-11-19(12-10-18)21-13-14-32-15-20(21)16-33-26(34)22-5-1-2-6-23(22)27(33)35/h1-12,20-21,32H,13-17H2. The van der Waals surface area contributed by atoms with Crippen LogP contribution in [0, 0.1) is 5.92 Å². The second kappa shape index (κ2) is 9.78. The Morgan fingerprint density at radius 2 is 1.53 bits per heavy atom. The zero-order chi connectivity index (χ0) is 25.3. The van der Waals surface area contributed by atoms with Crippen molar-refractivity contribution in [2.75, 3.05) is 19.6 Å². The molecular formula is C28H25F3N2O3. The van der Waals surface area contributed by atoms with Gasteiger partial charge in [0, 0.05) is 13.1 Å². The first-order chi connectivity index (χ1) is 17.3. The lowest BCUT2D eigenvalue weighted by atomic mass is 9.80. The van der Waals surface area contributed by atoms with E-state index in [1.807, 2.05) is 24.3 Å². The van der Waals surface area contributed by atoms with Gasteiger partial charge in [0.05, 0.1) is 16.7 Å². The Kier molecular flexibility index (Phi) is 6.53. The van der Waals surface area contributed by atoms with Gasteiger partial charge in [-0.3, -0.25) is 14.5 Å². The van der Waals surface area contributed by atoms with E-state index >= 15 is 0 Å². The van der Waals surface area contributed by atoms with Gasteiger partial charge in [0.1, 0.15) is 12.4 Å². The lowest BCUT2D eigenvalue weighted by Gasteiger charge is -2.34. The number of nitrogens with one attached hydrogen (secondary N) is 1. The highest BCUT2D eigenvalue weighted by molar-refractivity contribution is 6.21. The first-order valence-corrected chi connectivity index (χ1v) is 11.9. The van der Waals surface area contributed by atoms with E-state index in [2.05, 4.69) is 5.32 Å². The van der Waals surface area contributed by atoms with E-state index in [-0.39, 0.29) is 36.0 Å². The van der Waals surface area contributed by atoms with Crippen LogP contribution in [0.5, 0.6) is 5.75 Å². The van der Waals surface area contributed by atoms with Gasteiger partial charge in [0.25, 0.3) is 11.8 Å². The van der Waals surface area contributed by atoms with E-state index in [1.54, 1.807) is 24.3 Å². The van der Waals surface area contributed by atoms with Crippen LogP contribution in [0.4, 0.5) is 13.2 Å². The monoisotopic (exact) mass is 494 g/mol. The van der Waals surface area contributed by atoms with Crippen molar-refractivity contribution in [1.82, 2.24) is 10.2 Å². The Morgan fingerprint density at radius 1 is 0.889 bits per heavy atom. The highest BCUT2D eigenvalue weighted by Crippen LogP contribution is 2.37. The van der Waals surface area contributed by atoms with E-state index in [0.717, 1.165) is 30.2 Å². The van der Waals surface area contributed by atoms with E-state index in [1.165, 1.54) is 23.1 Å². The van der Waals surface area contributed by atoms with E-state index in [4.69, 9.17) is 4.74 Å². The number of carbonyl (C=O) groups is 2. The largest absolute Gasteiger partial charge is 0.488 e. The third kappa shape index (κ3) is 4.73. The molecule has 0 aromatic heterocycles. The molecule has 2 amide bonds. The highest BCUT2D eigenvalue weighted by Gasteiger charge is 2.39. The summed E-state index contributed by atoms with van der Waals surface area (Å²) in [7, 11) is 0. The van der Waals surface area contributed by atoms with Crippen molar-refractivity contribution in [1.29, 1.82) is 0 Å². The normalized spacial score (nSPS) is 19.9. The minimum atomic E-state index is -4.48. The Morgan fingerprint density at radius 3 is 2.19 bits per heavy atom. The van der Waals surface area contributed by atoms with Crippen LogP contribution in [0.2, 0.25) is 0 Å². The average molecular weight is 495 g/mol. The summed E-state index contributed by atoms with van der Waals surface area (Å²) in [5, 5.41) is 3.37. The summed E-state index contributed by atoms with van der Waals surface area (Å²) in [5.41, 5.74) is 1.91. The molecule has 8 heteroatoms. The Bertz CT molecular complexity index is 1240. The Hall–Kier alpha value is -3.65. The minimum absolute atomic E-state index is 0.0120. The molecule has 0 bridgehead atoms. The summed E-state index contributed by atoms with van der Waals surface area (Å²) in [5.74, 6) is -0.537. The Labute approximate surface area is 206 Å². The SMILES string of the molecule is O=C1c2ccccc2C(=O)N1CC1CNCCC1c1ccc(COc2ccccc2C(F)(F)F)cc1. The number of halogens is 3. The quantitative estimate of drug-likeness (QED) is 0.474. The molecule has 2 heterocycles. The summed E-state index contributed by atoms with van der Waals surface area (Å²) in [4.78, 5) is 27.0. The lowest BCUT2D eigenvalue weighted by Crippen LogP contribution is -2.44. The van der Waals surface area contributed by atoms with Crippen molar-refractivity contribution >= 4 is 11.8 Å². The molecule has 3 aromatic carbocycles. The molecule has 36 heavy (non-hydrogen) atoms. The number of fused-ring (bicyclic) bond motifs is 1. The topological polar surface area (TPSA) is 58.6 Å². The van der Waals surface area contributed by atoms with Crippen molar-refractivity contribution in [3.8, 4) is 5.75 Å². The number of hydrogen-bond donors (Lipinski definition) is 1. The van der Waals surface area contributed by atoms with Gasteiger partial charge >= 0.3 is 6.18 Å². The molecule has 1 fully saturated rings. The fourth-order valence-electron chi connectivity index (χ4n) is 5.04. The van der Waals surface area contributed by atoms with Gasteiger partial charge < -0.3 is 10.1 Å². The molecule has 2 aliphatic heterocycles. The fraction of sp³-hybridized carbons (Fsp3) is 0.286. The van der Waals surface area contributed by atoms with Crippen molar-refractivity contribution in [3.05, 3.63) is 101 Å². The molecule has 3 aromatic rings. The van der Waals surface area contributed by atoms with Crippen LogP contribution in [-0.4, -0.2) is 36.3 Å². The number of benzene rings is 3. The number of ether oxygens (including phenoxy) is 1. The van der Waals surface area contributed by atoms with Crippen LogP contribution in [0.25, 0.3) is 0 Å². The molecule has 5 rings (SSSR count). The second-order valence-corrected chi connectivity index (χ2v) is 9.15. The molecule has 0 spiro atoms. The van der Waals surface area contributed by atoms with Gasteiger partial charge in [-0.05, 0) is 60.2 Å². The number of hydrogen-bond acceptors (Lipinski definition) is 4. The van der Waals surface area contributed by atoms with Gasteiger partial charge in [-0.25, -0.2) is 0 Å². The van der Waals surface area contributed by atoms with Crippen LogP contribution >= 0.6 is 0 Å². The molecule has 1 N–H and O–H groups in total. The minimum Gasteiger partial charge on any atom is -0.488 e. The molecular weight excluding hydrogens is 469 g/mol. The maximum absolute atomic E-state index is 13.2. The van der Waals surface area contributed by atoms with Crippen LogP contribution in [0.15, 0.2) is 72.8 Å². The molecule has 0 saturated carbocycles. The van der Waals surface area contributed by atoms with E-state index in [9.17, 15) is 22.8 Å². The zero-order valence-corrected chi connectivity index (χ0v) is 19.4. The van der Waals surface area contributed by atoms with Gasteiger partial charge in [-0.15, -0.1) is 0 Å². The summed E-state index contributed by atoms with van der Waals surface area (Å²) >= 11 is 0. The van der Waals surface area contributed by atoms with Crippen molar-refractivity contribution in [2.45, 2.75) is 25.1 Å². The zero-order valence-electron chi connectivity index (χ0n) is 19.4. The van der Waals surface area contributed by atoms with E-state index < -0.39 is 11.7 Å². The fourth-order valence-corrected chi connectivity index (χ4v) is 5.04. The molecule has 1 saturated heterocycles. The predicted molar refractivity (Wildman–Crippen MR) is 128 cm³/mol. The number of nitrogens with zero attached hydrogens (tertiary/aromatic N) is 1. The predicted octanol–water partition coefficient (Wildman–Crippen LogP) is 5.27. The number of piperidine rings is 1. The van der Waals surface area contributed by atoms with Crippen LogP contribution in [-0.2, 0) is 12.8 Å². The highest BCUT2D eigenvalue weighted by atomic mass is 19.4. The third-order valence-corrected chi connectivity index (χ3v) is 6.90. The maximum Gasteiger partial charge on any atom is 0.419 e. The second-order valence-electron chi connectivity index (χ2n) is 9.15. The molecule has 5 nitrogen and oxygen atoms in total. The molecule has 2 atom stereocenters. The Balaban J connectivity index is 1.27. The first-order valence-electron chi connectivity index (χ1n) is 11.9. The number of carbonyl (C=O) groups excluding carboxylic acids is 2. The molecule has 186 valence electrons. The summed E-state index contributed by atoms with van der Waals surface area (Å²) in [6.07, 6.45) is -3.63. The van der Waals surface area contributed by atoms with Gasteiger partial charge in [0.15, 0.2) is 0 Å². The molecule has 0 radical (unpaired) electrons. The van der Waals surface area contributed by atoms with Gasteiger partial charge in [0.2, 0.25) is 0 Å². The van der Waals surface area contributed by atoms with Crippen LogP contribution in [0.1, 0.15) is 49.7 Å². The van der Waals surface area contributed by atoms with Crippen molar-refractivity contribution in [3.63, 3.8) is 0 Å². The van der Waals surface area contributed by atoms with Crippen molar-refractivity contribution in [2.24, 2.45) is 5.92 Å². The lowest BCUT2D eigenvalue weighted by molar-refractivity contribution is -0.139. The van der Waals surface area contributed by atoms with Crippen LogP contribution < -0.4 is 10.1 Å². The summed E-state index contributed by atoms with van der Waals surface area (Å²) in [6.45, 7) is 1.83. The summed E-state index contributed by atoms with van der Waals surface area (Å²) in [6, 6.07) is 19.7. The number of imide groups is 1. The number of alkyl halides is 3. The van der Waals surface area contributed by atoms with Gasteiger partial charge in [-0.2, -0.15) is 13.2 Å². The van der Waals surface area contributed by atoms with Gasteiger partial charge in [-0.1, -0.05) is 48.5 Å². The molecule has 2 unspecified atom stereocenters. The number of amides is 2. The first kappa shape index (κ1) is 24.1. The van der Waals surface area contributed by atoms with Crippen molar-refractivity contribution < 1.29 is 27.5 Å². The smallest absolute Gasteiger partial charge is 0.419 e.